The van der Waals surface area contributed by atoms with Gasteiger partial charge in [0.15, 0.2) is 0 Å². The van der Waals surface area contributed by atoms with Crippen LogP contribution >= 0.6 is 11.6 Å². The van der Waals surface area contributed by atoms with Crippen LogP contribution in [0.1, 0.15) is 30.4 Å². The fourth-order valence-electron chi connectivity index (χ4n) is 4.34. The van der Waals surface area contributed by atoms with Crippen molar-refractivity contribution in [1.29, 1.82) is 0 Å². The fourth-order valence-corrected chi connectivity index (χ4v) is 4.44. The molecule has 2 amide bonds. The number of nitrogens with zero attached hydrogens (tertiary/aromatic N) is 2. The molecule has 2 aromatic rings. The first-order valence-corrected chi connectivity index (χ1v) is 11.1. The number of halogens is 1. The van der Waals surface area contributed by atoms with E-state index < -0.39 is 6.10 Å². The van der Waals surface area contributed by atoms with E-state index in [2.05, 4.69) is 22.6 Å². The van der Waals surface area contributed by atoms with Gasteiger partial charge in [0.05, 0.1) is 5.71 Å². The number of benzene rings is 2. The molecule has 0 radical (unpaired) electrons. The molecule has 2 aliphatic rings. The van der Waals surface area contributed by atoms with Gasteiger partial charge >= 0.3 is 0 Å². The SMILES string of the molecule is O=C(CCl)NCC1(c2ccccc2)CCN(C(=O)C2CC(c3ccccc3)=NO2)CC1. The second-order valence-electron chi connectivity index (χ2n) is 8.08. The average molecular weight is 440 g/mol. The van der Waals surface area contributed by atoms with Crippen molar-refractivity contribution in [1.82, 2.24) is 10.2 Å². The van der Waals surface area contributed by atoms with Crippen molar-refractivity contribution in [3.8, 4) is 0 Å². The number of nitrogens with one attached hydrogen (secondary N) is 1. The Balaban J connectivity index is 1.40. The van der Waals surface area contributed by atoms with Crippen molar-refractivity contribution >= 4 is 29.1 Å². The van der Waals surface area contributed by atoms with Gasteiger partial charge in [-0.2, -0.15) is 0 Å². The maximum atomic E-state index is 13.1. The molecule has 1 atom stereocenters. The topological polar surface area (TPSA) is 71.0 Å². The Bertz CT molecular complexity index is 941. The largest absolute Gasteiger partial charge is 0.382 e. The summed E-state index contributed by atoms with van der Waals surface area (Å²) in [5.41, 5.74) is 2.74. The van der Waals surface area contributed by atoms with Crippen molar-refractivity contribution in [2.75, 3.05) is 25.5 Å². The normalized spacial score (nSPS) is 20.0. The zero-order valence-corrected chi connectivity index (χ0v) is 18.1. The third-order valence-corrected chi connectivity index (χ3v) is 6.46. The Kier molecular flexibility index (Phi) is 6.56. The van der Waals surface area contributed by atoms with Crippen LogP contribution in [0.4, 0.5) is 0 Å². The van der Waals surface area contributed by atoms with Gasteiger partial charge in [-0.1, -0.05) is 65.8 Å². The smallest absolute Gasteiger partial charge is 0.266 e. The number of amides is 2. The Hall–Kier alpha value is -2.86. The number of rotatable bonds is 6. The second kappa shape index (κ2) is 9.52. The number of carbonyl (C=O) groups is 2. The quantitative estimate of drug-likeness (QED) is 0.703. The predicted molar refractivity (Wildman–Crippen MR) is 120 cm³/mol. The first kappa shape index (κ1) is 21.4. The van der Waals surface area contributed by atoms with Crippen LogP contribution in [0, 0.1) is 0 Å². The van der Waals surface area contributed by atoms with E-state index in [0.29, 0.717) is 26.1 Å². The Morgan fingerprint density at radius 2 is 1.71 bits per heavy atom. The number of carbonyl (C=O) groups excluding carboxylic acids is 2. The summed E-state index contributed by atoms with van der Waals surface area (Å²) in [4.78, 5) is 32.2. The van der Waals surface area contributed by atoms with E-state index >= 15 is 0 Å². The maximum Gasteiger partial charge on any atom is 0.266 e. The third-order valence-electron chi connectivity index (χ3n) is 6.22. The molecule has 0 saturated carbocycles. The molecule has 0 aliphatic carbocycles. The van der Waals surface area contributed by atoms with Crippen molar-refractivity contribution in [3.05, 3.63) is 71.8 Å². The maximum absolute atomic E-state index is 13.1. The second-order valence-corrected chi connectivity index (χ2v) is 8.35. The van der Waals surface area contributed by atoms with Gasteiger partial charge in [-0.15, -0.1) is 11.6 Å². The monoisotopic (exact) mass is 439 g/mol. The highest BCUT2D eigenvalue weighted by atomic mass is 35.5. The number of piperidine rings is 1. The van der Waals surface area contributed by atoms with Crippen LogP contribution < -0.4 is 5.32 Å². The predicted octanol–water partition coefficient (Wildman–Crippen LogP) is 3.10. The van der Waals surface area contributed by atoms with Crippen LogP contribution in [-0.4, -0.2) is 54.0 Å². The summed E-state index contributed by atoms with van der Waals surface area (Å²) >= 11 is 5.66. The summed E-state index contributed by atoms with van der Waals surface area (Å²) in [7, 11) is 0. The molecule has 2 heterocycles. The molecule has 1 unspecified atom stereocenters. The summed E-state index contributed by atoms with van der Waals surface area (Å²) in [5, 5.41) is 7.09. The van der Waals surface area contributed by atoms with E-state index in [1.54, 1.807) is 0 Å². The minimum atomic E-state index is -0.574. The Morgan fingerprint density at radius 1 is 1.06 bits per heavy atom. The third kappa shape index (κ3) is 4.74. The molecule has 1 N–H and O–H groups in total. The first-order chi connectivity index (χ1) is 15.1. The minimum absolute atomic E-state index is 0.0267. The van der Waals surface area contributed by atoms with Gasteiger partial charge in [-0.25, -0.2) is 0 Å². The highest BCUT2D eigenvalue weighted by Crippen LogP contribution is 2.35. The molecule has 0 spiro atoms. The molecule has 2 aliphatic heterocycles. The Morgan fingerprint density at radius 3 is 2.35 bits per heavy atom. The van der Waals surface area contributed by atoms with Gasteiger partial charge in [0.2, 0.25) is 12.0 Å². The lowest BCUT2D eigenvalue weighted by molar-refractivity contribution is -0.143. The van der Waals surface area contributed by atoms with Gasteiger partial charge in [0.1, 0.15) is 5.88 Å². The highest BCUT2D eigenvalue weighted by molar-refractivity contribution is 6.27. The molecular formula is C24H26ClN3O3. The van der Waals surface area contributed by atoms with Crippen LogP contribution in [0.15, 0.2) is 65.8 Å². The number of hydrogen-bond acceptors (Lipinski definition) is 4. The molecule has 4 rings (SSSR count). The number of alkyl halides is 1. The summed E-state index contributed by atoms with van der Waals surface area (Å²) in [6, 6.07) is 20.0. The molecule has 7 heteroatoms. The van der Waals surface area contributed by atoms with E-state index in [1.165, 1.54) is 5.56 Å². The van der Waals surface area contributed by atoms with Gasteiger partial charge in [0, 0.05) is 31.5 Å². The standard InChI is InChI=1S/C24H26ClN3O3/c25-16-22(29)26-17-24(19-9-5-2-6-10-19)11-13-28(14-12-24)23(30)21-15-20(27-31-21)18-7-3-1-4-8-18/h1-10,21H,11-17H2,(H,26,29). The van der Waals surface area contributed by atoms with Crippen molar-refractivity contribution in [3.63, 3.8) is 0 Å². The summed E-state index contributed by atoms with van der Waals surface area (Å²) in [6.45, 7) is 1.71. The van der Waals surface area contributed by atoms with Crippen molar-refractivity contribution in [2.24, 2.45) is 5.16 Å². The summed E-state index contributed by atoms with van der Waals surface area (Å²) in [5.74, 6) is -0.264. The molecule has 31 heavy (non-hydrogen) atoms. The lowest BCUT2D eigenvalue weighted by Crippen LogP contribution is -2.52. The molecule has 6 nitrogen and oxygen atoms in total. The minimum Gasteiger partial charge on any atom is -0.382 e. The lowest BCUT2D eigenvalue weighted by Gasteiger charge is -2.42. The molecule has 2 aromatic carbocycles. The van der Waals surface area contributed by atoms with Crippen molar-refractivity contribution < 1.29 is 14.4 Å². The Labute approximate surface area is 187 Å². The molecule has 0 bridgehead atoms. The zero-order valence-electron chi connectivity index (χ0n) is 17.3. The van der Waals surface area contributed by atoms with Gasteiger partial charge in [-0.3, -0.25) is 9.59 Å². The number of oxime groups is 1. The van der Waals surface area contributed by atoms with Crippen LogP contribution in [-0.2, 0) is 19.8 Å². The average Bonchev–Trinajstić information content (AvgIpc) is 3.34. The molecule has 162 valence electrons. The summed E-state index contributed by atoms with van der Waals surface area (Å²) < 4.78 is 0. The van der Waals surface area contributed by atoms with Crippen LogP contribution in [0.5, 0.6) is 0 Å². The number of likely N-dealkylation sites (tertiary alicyclic amines) is 1. The van der Waals surface area contributed by atoms with Gasteiger partial charge in [-0.05, 0) is 24.0 Å². The number of hydrogen-bond donors (Lipinski definition) is 1. The lowest BCUT2D eigenvalue weighted by atomic mass is 9.72. The fraction of sp³-hybridized carbons (Fsp3) is 0.375. The van der Waals surface area contributed by atoms with E-state index in [1.807, 2.05) is 53.4 Å². The van der Waals surface area contributed by atoms with Crippen molar-refractivity contribution in [2.45, 2.75) is 30.8 Å². The van der Waals surface area contributed by atoms with E-state index in [-0.39, 0.29) is 23.1 Å². The molecule has 1 saturated heterocycles. The van der Waals surface area contributed by atoms with E-state index in [4.69, 9.17) is 16.4 Å². The van der Waals surface area contributed by atoms with Crippen LogP contribution in [0.2, 0.25) is 0 Å². The zero-order chi connectivity index (χ0) is 21.7. The first-order valence-electron chi connectivity index (χ1n) is 10.6. The molecule has 1 fully saturated rings. The summed E-state index contributed by atoms with van der Waals surface area (Å²) in [6.07, 6.45) is 1.42. The molecule has 0 aromatic heterocycles. The van der Waals surface area contributed by atoms with Crippen LogP contribution in [0.3, 0.4) is 0 Å². The van der Waals surface area contributed by atoms with E-state index in [9.17, 15) is 9.59 Å². The van der Waals surface area contributed by atoms with Gasteiger partial charge < -0.3 is 15.1 Å². The van der Waals surface area contributed by atoms with E-state index in [0.717, 1.165) is 24.1 Å². The molecular weight excluding hydrogens is 414 g/mol. The van der Waals surface area contributed by atoms with Crippen LogP contribution in [0.25, 0.3) is 0 Å². The highest BCUT2D eigenvalue weighted by Gasteiger charge is 2.40. The van der Waals surface area contributed by atoms with Gasteiger partial charge in [0.25, 0.3) is 5.91 Å².